The molecular weight excluding hydrogens is 312 g/mol. The SMILES string of the molecule is Nc1nnc(CC(=O)N/N=C\c2cc([N+](=O)[O-])ccc2O)s1. The zero-order chi connectivity index (χ0) is 16.1. The van der Waals surface area contributed by atoms with Crippen molar-refractivity contribution in [2.24, 2.45) is 5.10 Å². The van der Waals surface area contributed by atoms with E-state index in [4.69, 9.17) is 5.73 Å². The maximum atomic E-state index is 11.6. The highest BCUT2D eigenvalue weighted by Gasteiger charge is 2.10. The summed E-state index contributed by atoms with van der Waals surface area (Å²) in [6.07, 6.45) is 1.06. The van der Waals surface area contributed by atoms with Gasteiger partial charge in [0.2, 0.25) is 11.0 Å². The molecule has 0 saturated heterocycles. The molecule has 0 saturated carbocycles. The van der Waals surface area contributed by atoms with Crippen molar-refractivity contribution < 1.29 is 14.8 Å². The molecule has 1 amide bonds. The number of aromatic nitrogens is 2. The second-order valence-electron chi connectivity index (χ2n) is 4.00. The van der Waals surface area contributed by atoms with E-state index >= 15 is 0 Å². The number of nitrogens with two attached hydrogens (primary N) is 1. The monoisotopic (exact) mass is 322 g/mol. The molecule has 10 nitrogen and oxygen atoms in total. The molecule has 0 unspecified atom stereocenters. The van der Waals surface area contributed by atoms with Crippen molar-refractivity contribution in [1.82, 2.24) is 15.6 Å². The topological polar surface area (TPSA) is 157 Å². The first kappa shape index (κ1) is 15.3. The van der Waals surface area contributed by atoms with Crippen molar-refractivity contribution >= 4 is 34.3 Å². The van der Waals surface area contributed by atoms with Crippen LogP contribution in [-0.4, -0.2) is 32.3 Å². The van der Waals surface area contributed by atoms with Gasteiger partial charge in [-0.25, -0.2) is 5.43 Å². The van der Waals surface area contributed by atoms with E-state index in [1.54, 1.807) is 0 Å². The minimum Gasteiger partial charge on any atom is -0.507 e. The number of carbonyl (C=O) groups is 1. The second kappa shape index (κ2) is 6.58. The number of phenols is 1. The van der Waals surface area contributed by atoms with Crippen LogP contribution >= 0.6 is 11.3 Å². The van der Waals surface area contributed by atoms with E-state index in [1.807, 2.05) is 0 Å². The molecule has 1 aromatic carbocycles. The fourth-order valence-electron chi connectivity index (χ4n) is 1.45. The van der Waals surface area contributed by atoms with Crippen LogP contribution in [0.3, 0.4) is 0 Å². The number of nitrogens with one attached hydrogen (secondary N) is 1. The van der Waals surface area contributed by atoms with Crippen LogP contribution in [0, 0.1) is 10.1 Å². The number of nitro benzene ring substituents is 1. The summed E-state index contributed by atoms with van der Waals surface area (Å²) in [7, 11) is 0. The van der Waals surface area contributed by atoms with Gasteiger partial charge >= 0.3 is 0 Å². The molecule has 0 atom stereocenters. The Hall–Kier alpha value is -3.08. The molecule has 0 aliphatic rings. The maximum Gasteiger partial charge on any atom is 0.270 e. The summed E-state index contributed by atoms with van der Waals surface area (Å²) in [6, 6.07) is 3.47. The van der Waals surface area contributed by atoms with Gasteiger partial charge in [-0.1, -0.05) is 11.3 Å². The number of aromatic hydroxyl groups is 1. The number of nitrogen functional groups attached to an aromatic ring is 1. The molecule has 0 fully saturated rings. The highest BCUT2D eigenvalue weighted by atomic mass is 32.1. The number of rotatable bonds is 5. The van der Waals surface area contributed by atoms with Gasteiger partial charge in [-0.2, -0.15) is 5.10 Å². The first-order valence-electron chi connectivity index (χ1n) is 5.83. The lowest BCUT2D eigenvalue weighted by molar-refractivity contribution is -0.384. The Balaban J connectivity index is 1.98. The Labute approximate surface area is 127 Å². The zero-order valence-corrected chi connectivity index (χ0v) is 11.8. The van der Waals surface area contributed by atoms with Crippen LogP contribution in [0.1, 0.15) is 10.6 Å². The number of hydrogen-bond acceptors (Lipinski definition) is 9. The van der Waals surface area contributed by atoms with E-state index < -0.39 is 10.8 Å². The highest BCUT2D eigenvalue weighted by molar-refractivity contribution is 7.15. The van der Waals surface area contributed by atoms with Crippen LogP contribution in [-0.2, 0) is 11.2 Å². The Morgan fingerprint density at radius 2 is 2.32 bits per heavy atom. The first-order chi connectivity index (χ1) is 10.5. The van der Waals surface area contributed by atoms with Gasteiger partial charge in [-0.05, 0) is 6.07 Å². The lowest BCUT2D eigenvalue weighted by Crippen LogP contribution is -2.19. The summed E-state index contributed by atoms with van der Waals surface area (Å²) in [4.78, 5) is 21.6. The summed E-state index contributed by atoms with van der Waals surface area (Å²) in [5.41, 5.74) is 7.51. The third-order valence-electron chi connectivity index (χ3n) is 2.41. The number of nitrogens with zero attached hydrogens (tertiary/aromatic N) is 4. The molecule has 4 N–H and O–H groups in total. The summed E-state index contributed by atoms with van der Waals surface area (Å²) in [5, 5.41) is 31.8. The van der Waals surface area contributed by atoms with E-state index in [1.165, 1.54) is 6.07 Å². The number of hydrogen-bond donors (Lipinski definition) is 3. The predicted octanol–water partition coefficient (Wildman–Crippen LogP) is 0.427. The lowest BCUT2D eigenvalue weighted by Gasteiger charge is -1.99. The number of amides is 1. The van der Waals surface area contributed by atoms with Crippen LogP contribution in [0.25, 0.3) is 0 Å². The Morgan fingerprint density at radius 3 is 2.95 bits per heavy atom. The summed E-state index contributed by atoms with van der Waals surface area (Å²) in [5.74, 6) is -0.655. The number of anilines is 1. The molecule has 1 aromatic heterocycles. The first-order valence-corrected chi connectivity index (χ1v) is 6.64. The van der Waals surface area contributed by atoms with Crippen molar-refractivity contribution in [1.29, 1.82) is 0 Å². The number of benzene rings is 1. The molecule has 0 radical (unpaired) electrons. The van der Waals surface area contributed by atoms with E-state index in [0.29, 0.717) is 5.01 Å². The van der Waals surface area contributed by atoms with Crippen LogP contribution in [0.4, 0.5) is 10.8 Å². The second-order valence-corrected chi connectivity index (χ2v) is 5.10. The normalized spacial score (nSPS) is 10.7. The van der Waals surface area contributed by atoms with Gasteiger partial charge in [0.1, 0.15) is 10.8 Å². The van der Waals surface area contributed by atoms with Crippen LogP contribution in [0.2, 0.25) is 0 Å². The van der Waals surface area contributed by atoms with Gasteiger partial charge in [0.25, 0.3) is 5.69 Å². The predicted molar refractivity (Wildman–Crippen MR) is 78.5 cm³/mol. The van der Waals surface area contributed by atoms with Gasteiger partial charge < -0.3 is 10.8 Å². The van der Waals surface area contributed by atoms with Gasteiger partial charge in [0, 0.05) is 17.7 Å². The summed E-state index contributed by atoms with van der Waals surface area (Å²) < 4.78 is 0. The molecular formula is C11H10N6O4S. The summed E-state index contributed by atoms with van der Waals surface area (Å²) >= 11 is 1.08. The molecule has 0 aliphatic heterocycles. The minimum absolute atomic E-state index is 0.0485. The minimum atomic E-state index is -0.602. The molecule has 0 bridgehead atoms. The van der Waals surface area contributed by atoms with E-state index in [0.717, 1.165) is 29.7 Å². The molecule has 2 aromatic rings. The number of phenolic OH excluding ortho intramolecular Hbond substituents is 1. The Bertz CT molecular complexity index is 744. The van der Waals surface area contributed by atoms with Gasteiger partial charge in [-0.15, -0.1) is 10.2 Å². The highest BCUT2D eigenvalue weighted by Crippen LogP contribution is 2.21. The van der Waals surface area contributed by atoms with Crippen molar-refractivity contribution in [3.63, 3.8) is 0 Å². The Kier molecular flexibility index (Phi) is 4.58. The lowest BCUT2D eigenvalue weighted by atomic mass is 10.2. The van der Waals surface area contributed by atoms with Crippen LogP contribution in [0.5, 0.6) is 5.75 Å². The van der Waals surface area contributed by atoms with Gasteiger partial charge in [0.15, 0.2) is 0 Å². The van der Waals surface area contributed by atoms with E-state index in [-0.39, 0.29) is 28.6 Å². The van der Waals surface area contributed by atoms with E-state index in [2.05, 4.69) is 20.7 Å². The van der Waals surface area contributed by atoms with Gasteiger partial charge in [0.05, 0.1) is 17.6 Å². The quantitative estimate of drug-likeness (QED) is 0.409. The van der Waals surface area contributed by atoms with Crippen molar-refractivity contribution in [2.45, 2.75) is 6.42 Å². The fourth-order valence-corrected chi connectivity index (χ4v) is 2.06. The number of carbonyl (C=O) groups excluding carboxylic acids is 1. The number of nitro groups is 1. The molecule has 114 valence electrons. The van der Waals surface area contributed by atoms with E-state index in [9.17, 15) is 20.0 Å². The average molecular weight is 322 g/mol. The van der Waals surface area contributed by atoms with Crippen molar-refractivity contribution in [3.8, 4) is 5.75 Å². The molecule has 1 heterocycles. The molecule has 2 rings (SSSR count). The standard InChI is InChI=1S/C11H10N6O4S/c12-11-16-15-10(22-11)4-9(19)14-13-5-6-3-7(17(20)21)1-2-8(6)18/h1-3,5,18H,4H2,(H2,12,16)(H,14,19)/b13-5-. The van der Waals surface area contributed by atoms with Crippen molar-refractivity contribution in [3.05, 3.63) is 38.9 Å². The largest absolute Gasteiger partial charge is 0.507 e. The molecule has 0 aliphatic carbocycles. The molecule has 22 heavy (non-hydrogen) atoms. The molecule has 11 heteroatoms. The zero-order valence-electron chi connectivity index (χ0n) is 11.0. The smallest absolute Gasteiger partial charge is 0.270 e. The fraction of sp³-hybridized carbons (Fsp3) is 0.0909. The van der Waals surface area contributed by atoms with Gasteiger partial charge in [-0.3, -0.25) is 14.9 Å². The van der Waals surface area contributed by atoms with Crippen LogP contribution < -0.4 is 11.2 Å². The number of hydrazone groups is 1. The third kappa shape index (κ3) is 3.96. The molecule has 0 spiro atoms. The maximum absolute atomic E-state index is 11.6. The van der Waals surface area contributed by atoms with Crippen molar-refractivity contribution in [2.75, 3.05) is 5.73 Å². The number of non-ortho nitro benzene ring substituents is 1. The third-order valence-corrected chi connectivity index (χ3v) is 3.16. The summed E-state index contributed by atoms with van der Waals surface area (Å²) in [6.45, 7) is 0. The Morgan fingerprint density at radius 1 is 1.55 bits per heavy atom. The van der Waals surface area contributed by atoms with Crippen LogP contribution in [0.15, 0.2) is 23.3 Å². The average Bonchev–Trinajstić information content (AvgIpc) is 2.85.